The van der Waals surface area contributed by atoms with Crippen LogP contribution in [0.15, 0.2) is 0 Å². The van der Waals surface area contributed by atoms with Crippen molar-refractivity contribution >= 4 is 0 Å². The molecule has 12 heavy (non-hydrogen) atoms. The first-order valence-corrected chi connectivity index (χ1v) is 5.30. The molecule has 2 N–H and O–H groups in total. The average molecular weight is 168 g/mol. The maximum Gasteiger partial charge on any atom is 0.0332 e. The predicted molar refractivity (Wildman–Crippen MR) is 51.3 cm³/mol. The van der Waals surface area contributed by atoms with Crippen molar-refractivity contribution in [3.8, 4) is 0 Å². The molecule has 2 heteroatoms. The second-order valence-electron chi connectivity index (χ2n) is 4.26. The maximum atomic E-state index is 3.56. The van der Waals surface area contributed by atoms with E-state index in [9.17, 15) is 0 Å². The average Bonchev–Trinajstić information content (AvgIpc) is 2.03. The summed E-state index contributed by atoms with van der Waals surface area (Å²) in [6, 6.07) is 0.766. The second kappa shape index (κ2) is 3.35. The first-order chi connectivity index (χ1) is 5.87. The van der Waals surface area contributed by atoms with Gasteiger partial charge in [-0.05, 0) is 32.9 Å². The van der Waals surface area contributed by atoms with Crippen LogP contribution in [0.5, 0.6) is 0 Å². The Morgan fingerprint density at radius 2 is 1.92 bits per heavy atom. The Labute approximate surface area is 75.1 Å². The topological polar surface area (TPSA) is 24.1 Å². The summed E-state index contributed by atoms with van der Waals surface area (Å²) in [6.45, 7) is 1.23. The van der Waals surface area contributed by atoms with E-state index in [0.29, 0.717) is 5.54 Å². The van der Waals surface area contributed by atoms with E-state index in [1.807, 2.05) is 0 Å². The minimum atomic E-state index is 0.455. The van der Waals surface area contributed by atoms with Crippen LogP contribution in [0.2, 0.25) is 0 Å². The molecule has 2 nitrogen and oxygen atoms in total. The van der Waals surface area contributed by atoms with E-state index < -0.39 is 0 Å². The van der Waals surface area contributed by atoms with Crippen LogP contribution >= 0.6 is 0 Å². The fraction of sp³-hybridized carbons (Fsp3) is 1.00. The predicted octanol–water partition coefficient (Wildman–Crippen LogP) is 1.27. The van der Waals surface area contributed by atoms with E-state index in [-0.39, 0.29) is 0 Å². The quantitative estimate of drug-likeness (QED) is 0.649. The van der Waals surface area contributed by atoms with Crippen LogP contribution in [0.4, 0.5) is 0 Å². The molecule has 0 bridgehead atoms. The van der Waals surface area contributed by atoms with E-state index in [2.05, 4.69) is 17.7 Å². The Hall–Kier alpha value is -0.0800. The minimum Gasteiger partial charge on any atom is -0.313 e. The Bertz CT molecular complexity index is 146. The lowest BCUT2D eigenvalue weighted by Gasteiger charge is -2.48. The van der Waals surface area contributed by atoms with Crippen LogP contribution < -0.4 is 10.6 Å². The van der Waals surface area contributed by atoms with Gasteiger partial charge in [-0.1, -0.05) is 19.3 Å². The van der Waals surface area contributed by atoms with E-state index in [4.69, 9.17) is 0 Å². The number of hydrogen-bond donors (Lipinski definition) is 2. The molecular weight excluding hydrogens is 148 g/mol. The fourth-order valence-electron chi connectivity index (χ4n) is 2.72. The highest BCUT2D eigenvalue weighted by Crippen LogP contribution is 2.33. The summed E-state index contributed by atoms with van der Waals surface area (Å²) in [5, 5.41) is 7.10. The Kier molecular flexibility index (Phi) is 2.37. The fourth-order valence-corrected chi connectivity index (χ4v) is 2.72. The van der Waals surface area contributed by atoms with Crippen molar-refractivity contribution in [2.75, 3.05) is 13.6 Å². The van der Waals surface area contributed by atoms with Crippen LogP contribution in [0.25, 0.3) is 0 Å². The van der Waals surface area contributed by atoms with Gasteiger partial charge in [0.25, 0.3) is 0 Å². The largest absolute Gasteiger partial charge is 0.313 e. The molecule has 0 aromatic carbocycles. The van der Waals surface area contributed by atoms with Gasteiger partial charge in [0.2, 0.25) is 0 Å². The van der Waals surface area contributed by atoms with Gasteiger partial charge in [-0.15, -0.1) is 0 Å². The SMILES string of the molecule is CNC1(C2CCN2)CCCCC1. The van der Waals surface area contributed by atoms with Gasteiger partial charge in [0.15, 0.2) is 0 Å². The third-order valence-corrected chi connectivity index (χ3v) is 3.73. The molecule has 1 heterocycles. The van der Waals surface area contributed by atoms with Gasteiger partial charge in [0.1, 0.15) is 0 Å². The molecule has 0 aromatic heterocycles. The van der Waals surface area contributed by atoms with E-state index in [0.717, 1.165) is 6.04 Å². The molecule has 0 radical (unpaired) electrons. The highest BCUT2D eigenvalue weighted by Gasteiger charge is 2.40. The number of likely N-dealkylation sites (N-methyl/N-ethyl adjacent to an activating group) is 1. The Morgan fingerprint density at radius 1 is 1.25 bits per heavy atom. The van der Waals surface area contributed by atoms with Gasteiger partial charge >= 0.3 is 0 Å². The first-order valence-electron chi connectivity index (χ1n) is 5.30. The highest BCUT2D eigenvalue weighted by molar-refractivity contribution is 5.03. The van der Waals surface area contributed by atoms with Gasteiger partial charge in [-0.2, -0.15) is 0 Å². The summed E-state index contributed by atoms with van der Waals surface area (Å²) >= 11 is 0. The summed E-state index contributed by atoms with van der Waals surface area (Å²) < 4.78 is 0. The molecule has 2 fully saturated rings. The molecule has 1 aliphatic carbocycles. The molecule has 1 unspecified atom stereocenters. The maximum absolute atomic E-state index is 3.56. The summed E-state index contributed by atoms with van der Waals surface area (Å²) in [4.78, 5) is 0. The van der Waals surface area contributed by atoms with Gasteiger partial charge in [-0.25, -0.2) is 0 Å². The summed E-state index contributed by atoms with van der Waals surface area (Å²) in [7, 11) is 2.13. The standard InChI is InChI=1S/C10H20N2/c1-11-10(9-5-8-12-9)6-3-2-4-7-10/h9,11-12H,2-8H2,1H3. The van der Waals surface area contributed by atoms with Gasteiger partial charge in [0, 0.05) is 11.6 Å². The molecule has 1 atom stereocenters. The van der Waals surface area contributed by atoms with E-state index >= 15 is 0 Å². The normalized spacial score (nSPS) is 34.2. The van der Waals surface area contributed by atoms with Crippen LogP contribution in [0.3, 0.4) is 0 Å². The number of hydrogen-bond acceptors (Lipinski definition) is 2. The van der Waals surface area contributed by atoms with Crippen molar-refractivity contribution in [1.82, 2.24) is 10.6 Å². The molecule has 1 saturated carbocycles. The number of rotatable bonds is 2. The molecule has 0 amide bonds. The van der Waals surface area contributed by atoms with Crippen LogP contribution in [-0.2, 0) is 0 Å². The zero-order valence-electron chi connectivity index (χ0n) is 8.03. The van der Waals surface area contributed by atoms with E-state index in [1.165, 1.54) is 45.1 Å². The lowest BCUT2D eigenvalue weighted by molar-refractivity contribution is 0.133. The molecule has 2 rings (SSSR count). The van der Waals surface area contributed by atoms with Crippen LogP contribution in [0, 0.1) is 0 Å². The van der Waals surface area contributed by atoms with Gasteiger partial charge in [0.05, 0.1) is 0 Å². The molecule has 70 valence electrons. The molecule has 2 aliphatic rings. The third kappa shape index (κ3) is 1.27. The van der Waals surface area contributed by atoms with Gasteiger partial charge in [-0.3, -0.25) is 0 Å². The molecular formula is C10H20N2. The van der Waals surface area contributed by atoms with Gasteiger partial charge < -0.3 is 10.6 Å². The van der Waals surface area contributed by atoms with E-state index in [1.54, 1.807) is 0 Å². The summed E-state index contributed by atoms with van der Waals surface area (Å²) in [6.07, 6.45) is 8.40. The molecule has 0 aromatic rings. The lowest BCUT2D eigenvalue weighted by atomic mass is 9.73. The Balaban J connectivity index is 2.00. The second-order valence-corrected chi connectivity index (χ2v) is 4.26. The first kappa shape index (κ1) is 8.52. The smallest absolute Gasteiger partial charge is 0.0332 e. The zero-order chi connectivity index (χ0) is 8.44. The van der Waals surface area contributed by atoms with Crippen LogP contribution in [-0.4, -0.2) is 25.2 Å². The van der Waals surface area contributed by atoms with Crippen molar-refractivity contribution in [3.63, 3.8) is 0 Å². The molecule has 0 spiro atoms. The van der Waals surface area contributed by atoms with Crippen molar-refractivity contribution in [2.45, 2.75) is 50.1 Å². The minimum absolute atomic E-state index is 0.455. The Morgan fingerprint density at radius 3 is 2.33 bits per heavy atom. The highest BCUT2D eigenvalue weighted by atomic mass is 15.1. The van der Waals surface area contributed by atoms with Crippen molar-refractivity contribution < 1.29 is 0 Å². The van der Waals surface area contributed by atoms with Crippen molar-refractivity contribution in [3.05, 3.63) is 0 Å². The molecule has 1 saturated heterocycles. The summed E-state index contributed by atoms with van der Waals surface area (Å²) in [5.41, 5.74) is 0.455. The van der Waals surface area contributed by atoms with Crippen molar-refractivity contribution in [1.29, 1.82) is 0 Å². The zero-order valence-corrected chi connectivity index (χ0v) is 8.03. The summed E-state index contributed by atoms with van der Waals surface area (Å²) in [5.74, 6) is 0. The lowest BCUT2D eigenvalue weighted by Crippen LogP contribution is -2.65. The third-order valence-electron chi connectivity index (χ3n) is 3.73. The number of nitrogens with one attached hydrogen (secondary N) is 2. The van der Waals surface area contributed by atoms with Crippen molar-refractivity contribution in [2.24, 2.45) is 0 Å². The monoisotopic (exact) mass is 168 g/mol. The molecule has 1 aliphatic heterocycles. The van der Waals surface area contributed by atoms with Crippen LogP contribution in [0.1, 0.15) is 38.5 Å².